The standard InChI is InChI=1S/C14H17FOS/c1-10(16)14-12(15)8-5-9-13(14)17-11-6-3-2-4-7-11/h5,8-9,11H,2-4,6-7H2,1H3. The molecule has 1 nitrogen and oxygen atoms in total. The third kappa shape index (κ3) is 3.09. The molecule has 0 bridgehead atoms. The maximum absolute atomic E-state index is 13.6. The Bertz CT molecular complexity index is 411. The molecule has 0 heterocycles. The van der Waals surface area contributed by atoms with Crippen LogP contribution in [0, 0.1) is 5.82 Å². The molecule has 0 radical (unpaired) electrons. The molecule has 1 fully saturated rings. The second-order valence-electron chi connectivity index (χ2n) is 4.55. The molecule has 0 saturated heterocycles. The van der Waals surface area contributed by atoms with Gasteiger partial charge in [0.25, 0.3) is 0 Å². The molecule has 92 valence electrons. The summed E-state index contributed by atoms with van der Waals surface area (Å²) in [7, 11) is 0. The van der Waals surface area contributed by atoms with Gasteiger partial charge < -0.3 is 0 Å². The van der Waals surface area contributed by atoms with Crippen molar-refractivity contribution in [2.24, 2.45) is 0 Å². The van der Waals surface area contributed by atoms with E-state index < -0.39 is 5.82 Å². The fourth-order valence-electron chi connectivity index (χ4n) is 2.31. The number of Topliss-reactive ketones (excluding diaryl/α,β-unsaturated/α-hetero) is 1. The lowest BCUT2D eigenvalue weighted by molar-refractivity contribution is 0.101. The van der Waals surface area contributed by atoms with Crippen molar-refractivity contribution in [1.29, 1.82) is 0 Å². The van der Waals surface area contributed by atoms with Crippen LogP contribution >= 0.6 is 11.8 Å². The van der Waals surface area contributed by atoms with Crippen molar-refractivity contribution >= 4 is 17.5 Å². The molecule has 1 aromatic rings. The number of benzene rings is 1. The van der Waals surface area contributed by atoms with E-state index in [4.69, 9.17) is 0 Å². The van der Waals surface area contributed by atoms with Crippen molar-refractivity contribution in [2.75, 3.05) is 0 Å². The summed E-state index contributed by atoms with van der Waals surface area (Å²) in [5.41, 5.74) is 0.267. The van der Waals surface area contributed by atoms with Crippen LogP contribution in [-0.2, 0) is 0 Å². The highest BCUT2D eigenvalue weighted by Gasteiger charge is 2.19. The van der Waals surface area contributed by atoms with Gasteiger partial charge in [0.1, 0.15) is 5.82 Å². The third-order valence-corrected chi connectivity index (χ3v) is 4.57. The van der Waals surface area contributed by atoms with Gasteiger partial charge in [-0.05, 0) is 31.9 Å². The highest BCUT2D eigenvalue weighted by Crippen LogP contribution is 2.36. The summed E-state index contributed by atoms with van der Waals surface area (Å²) < 4.78 is 13.6. The summed E-state index contributed by atoms with van der Waals surface area (Å²) in [6.07, 6.45) is 6.17. The predicted octanol–water partition coefficient (Wildman–Crippen LogP) is 4.45. The molecule has 0 spiro atoms. The van der Waals surface area contributed by atoms with Crippen LogP contribution in [0.3, 0.4) is 0 Å². The van der Waals surface area contributed by atoms with E-state index in [0.717, 1.165) is 4.90 Å². The van der Waals surface area contributed by atoms with E-state index in [1.54, 1.807) is 17.8 Å². The normalized spacial score (nSPS) is 17.1. The zero-order valence-electron chi connectivity index (χ0n) is 10.0. The Morgan fingerprint density at radius 3 is 2.65 bits per heavy atom. The maximum Gasteiger partial charge on any atom is 0.163 e. The Balaban J connectivity index is 2.19. The van der Waals surface area contributed by atoms with Gasteiger partial charge in [-0.2, -0.15) is 0 Å². The van der Waals surface area contributed by atoms with Gasteiger partial charge in [-0.15, -0.1) is 11.8 Å². The molecule has 0 aliphatic heterocycles. The number of carbonyl (C=O) groups is 1. The van der Waals surface area contributed by atoms with Crippen molar-refractivity contribution < 1.29 is 9.18 Å². The van der Waals surface area contributed by atoms with Crippen molar-refractivity contribution in [1.82, 2.24) is 0 Å². The number of thioether (sulfide) groups is 1. The lowest BCUT2D eigenvalue weighted by Crippen LogP contribution is -2.09. The first-order chi connectivity index (χ1) is 8.18. The molecule has 0 N–H and O–H groups in total. The van der Waals surface area contributed by atoms with Crippen molar-refractivity contribution in [2.45, 2.75) is 49.2 Å². The van der Waals surface area contributed by atoms with Gasteiger partial charge in [0.2, 0.25) is 0 Å². The predicted molar refractivity (Wildman–Crippen MR) is 69.1 cm³/mol. The summed E-state index contributed by atoms with van der Waals surface area (Å²) in [6.45, 7) is 1.43. The summed E-state index contributed by atoms with van der Waals surface area (Å²) in [4.78, 5) is 12.3. The SMILES string of the molecule is CC(=O)c1c(F)cccc1SC1CCCCC1. The zero-order chi connectivity index (χ0) is 12.3. The summed E-state index contributed by atoms with van der Waals surface area (Å²) in [5.74, 6) is -0.570. The quantitative estimate of drug-likeness (QED) is 0.739. The van der Waals surface area contributed by atoms with E-state index in [2.05, 4.69) is 0 Å². The first-order valence-corrected chi connectivity index (χ1v) is 7.02. The van der Waals surface area contributed by atoms with E-state index in [9.17, 15) is 9.18 Å². The van der Waals surface area contributed by atoms with Crippen LogP contribution < -0.4 is 0 Å². The Morgan fingerprint density at radius 2 is 2.00 bits per heavy atom. The largest absolute Gasteiger partial charge is 0.294 e. The molecular weight excluding hydrogens is 235 g/mol. The number of hydrogen-bond donors (Lipinski definition) is 0. The second-order valence-corrected chi connectivity index (χ2v) is 5.89. The lowest BCUT2D eigenvalue weighted by atomic mass is 10.0. The summed E-state index contributed by atoms with van der Waals surface area (Å²) in [6, 6.07) is 4.91. The van der Waals surface area contributed by atoms with Gasteiger partial charge in [-0.25, -0.2) is 4.39 Å². The van der Waals surface area contributed by atoms with Gasteiger partial charge in [0.15, 0.2) is 5.78 Å². The molecule has 1 aliphatic carbocycles. The van der Waals surface area contributed by atoms with E-state index in [0.29, 0.717) is 5.25 Å². The molecule has 0 amide bonds. The van der Waals surface area contributed by atoms with Gasteiger partial charge in [0.05, 0.1) is 5.56 Å². The average Bonchev–Trinajstić information content (AvgIpc) is 2.30. The second kappa shape index (κ2) is 5.67. The van der Waals surface area contributed by atoms with E-state index in [1.165, 1.54) is 45.1 Å². The minimum atomic E-state index is -0.390. The van der Waals surface area contributed by atoms with Gasteiger partial charge in [-0.1, -0.05) is 25.3 Å². The third-order valence-electron chi connectivity index (χ3n) is 3.17. The first-order valence-electron chi connectivity index (χ1n) is 6.14. The maximum atomic E-state index is 13.6. The highest BCUT2D eigenvalue weighted by molar-refractivity contribution is 8.00. The smallest absolute Gasteiger partial charge is 0.163 e. The van der Waals surface area contributed by atoms with Crippen LogP contribution in [0.4, 0.5) is 4.39 Å². The number of hydrogen-bond acceptors (Lipinski definition) is 2. The molecule has 1 aliphatic rings. The van der Waals surface area contributed by atoms with Crippen molar-refractivity contribution in [3.63, 3.8) is 0 Å². The summed E-state index contributed by atoms with van der Waals surface area (Å²) >= 11 is 1.67. The van der Waals surface area contributed by atoms with Crippen LogP contribution in [-0.4, -0.2) is 11.0 Å². The molecule has 17 heavy (non-hydrogen) atoms. The van der Waals surface area contributed by atoms with Gasteiger partial charge >= 0.3 is 0 Å². The number of halogens is 1. The minimum absolute atomic E-state index is 0.179. The first kappa shape index (κ1) is 12.6. The van der Waals surface area contributed by atoms with Crippen molar-refractivity contribution in [3.8, 4) is 0 Å². The topological polar surface area (TPSA) is 17.1 Å². The number of ketones is 1. The zero-order valence-corrected chi connectivity index (χ0v) is 10.9. The fraction of sp³-hybridized carbons (Fsp3) is 0.500. The van der Waals surface area contributed by atoms with Crippen LogP contribution in [0.2, 0.25) is 0 Å². The van der Waals surface area contributed by atoms with E-state index >= 15 is 0 Å². The van der Waals surface area contributed by atoms with E-state index in [-0.39, 0.29) is 11.3 Å². The van der Waals surface area contributed by atoms with Crippen LogP contribution in [0.5, 0.6) is 0 Å². The number of rotatable bonds is 3. The molecule has 1 saturated carbocycles. The number of carbonyl (C=O) groups excluding carboxylic acids is 1. The molecule has 0 aromatic heterocycles. The average molecular weight is 252 g/mol. The van der Waals surface area contributed by atoms with Crippen LogP contribution in [0.25, 0.3) is 0 Å². The minimum Gasteiger partial charge on any atom is -0.294 e. The van der Waals surface area contributed by atoms with Gasteiger partial charge in [0, 0.05) is 10.1 Å². The molecule has 0 atom stereocenters. The van der Waals surface area contributed by atoms with Crippen LogP contribution in [0.1, 0.15) is 49.4 Å². The van der Waals surface area contributed by atoms with Gasteiger partial charge in [-0.3, -0.25) is 4.79 Å². The Labute approximate surface area is 106 Å². The van der Waals surface area contributed by atoms with E-state index in [1.807, 2.05) is 6.07 Å². The molecule has 2 rings (SSSR count). The summed E-state index contributed by atoms with van der Waals surface area (Å²) in [5, 5.41) is 0.545. The molecule has 0 unspecified atom stereocenters. The monoisotopic (exact) mass is 252 g/mol. The highest BCUT2D eigenvalue weighted by atomic mass is 32.2. The Hall–Kier alpha value is -0.830. The molecular formula is C14H17FOS. The molecule has 3 heteroatoms. The lowest BCUT2D eigenvalue weighted by Gasteiger charge is -2.21. The fourth-order valence-corrected chi connectivity index (χ4v) is 3.75. The molecule has 1 aromatic carbocycles. The Kier molecular flexibility index (Phi) is 4.21. The van der Waals surface area contributed by atoms with Crippen LogP contribution in [0.15, 0.2) is 23.1 Å². The van der Waals surface area contributed by atoms with Crippen molar-refractivity contribution in [3.05, 3.63) is 29.6 Å². The Morgan fingerprint density at radius 1 is 1.29 bits per heavy atom.